The monoisotopic (exact) mass is 284 g/mol. The Balaban J connectivity index is 2.39. The molecule has 0 saturated carbocycles. The van der Waals surface area contributed by atoms with Gasteiger partial charge in [-0.05, 0) is 48.2 Å². The lowest BCUT2D eigenvalue weighted by Gasteiger charge is -2.14. The summed E-state index contributed by atoms with van der Waals surface area (Å²) < 4.78 is 5.79. The van der Waals surface area contributed by atoms with Gasteiger partial charge in [0, 0.05) is 0 Å². The van der Waals surface area contributed by atoms with Gasteiger partial charge in [-0.15, -0.1) is 0 Å². The van der Waals surface area contributed by atoms with Crippen LogP contribution in [-0.4, -0.2) is 5.91 Å². The minimum atomic E-state index is -0.562. The van der Waals surface area contributed by atoms with E-state index >= 15 is 0 Å². The van der Waals surface area contributed by atoms with Gasteiger partial charge >= 0.3 is 0 Å². The minimum absolute atomic E-state index is 0.278. The van der Waals surface area contributed by atoms with E-state index < -0.39 is 5.91 Å². The van der Waals surface area contributed by atoms with Gasteiger partial charge in [-0.1, -0.05) is 26.0 Å². The number of nitrogen functional groups attached to an aromatic ring is 1. The number of para-hydroxylation sites is 1. The highest BCUT2D eigenvalue weighted by Crippen LogP contribution is 2.32. The van der Waals surface area contributed by atoms with Gasteiger partial charge in [0.1, 0.15) is 5.75 Å². The predicted molar refractivity (Wildman–Crippen MR) is 84.7 cm³/mol. The molecule has 0 aliphatic rings. The highest BCUT2D eigenvalue weighted by molar-refractivity contribution is 5.97. The number of carbonyl (C=O) groups is 1. The van der Waals surface area contributed by atoms with Crippen LogP contribution in [0.3, 0.4) is 0 Å². The van der Waals surface area contributed by atoms with Gasteiger partial charge in [0.05, 0.1) is 11.3 Å². The van der Waals surface area contributed by atoms with Gasteiger partial charge in [0.2, 0.25) is 0 Å². The van der Waals surface area contributed by atoms with E-state index in [1.165, 1.54) is 5.56 Å². The predicted octanol–water partition coefficient (Wildman–Crippen LogP) is 3.59. The number of rotatable bonds is 4. The maximum Gasteiger partial charge on any atom is 0.252 e. The first-order chi connectivity index (χ1) is 9.90. The molecule has 0 heterocycles. The van der Waals surface area contributed by atoms with Gasteiger partial charge in [-0.2, -0.15) is 0 Å². The summed E-state index contributed by atoms with van der Waals surface area (Å²) in [5.41, 5.74) is 14.3. The third kappa shape index (κ3) is 3.16. The summed E-state index contributed by atoms with van der Waals surface area (Å²) >= 11 is 0. The number of hydrogen-bond acceptors (Lipinski definition) is 3. The number of ether oxygens (including phenoxy) is 1. The highest BCUT2D eigenvalue weighted by atomic mass is 16.5. The second-order valence-corrected chi connectivity index (χ2v) is 5.36. The Labute approximate surface area is 124 Å². The van der Waals surface area contributed by atoms with Crippen LogP contribution in [-0.2, 0) is 0 Å². The first kappa shape index (κ1) is 14.9. The molecule has 21 heavy (non-hydrogen) atoms. The molecule has 2 aromatic carbocycles. The molecular formula is C17H20N2O2. The van der Waals surface area contributed by atoms with E-state index in [1.807, 2.05) is 25.1 Å². The molecule has 0 spiro atoms. The quantitative estimate of drug-likeness (QED) is 0.842. The summed E-state index contributed by atoms with van der Waals surface area (Å²) in [7, 11) is 0. The van der Waals surface area contributed by atoms with Crippen LogP contribution < -0.4 is 16.2 Å². The molecule has 0 aliphatic heterocycles. The van der Waals surface area contributed by atoms with Crippen molar-refractivity contribution in [2.24, 2.45) is 5.73 Å². The summed E-state index contributed by atoms with van der Waals surface area (Å²) in [6.45, 7) is 6.32. The van der Waals surface area contributed by atoms with Crippen molar-refractivity contribution in [1.29, 1.82) is 0 Å². The maximum absolute atomic E-state index is 11.5. The van der Waals surface area contributed by atoms with Crippen LogP contribution in [0.1, 0.15) is 41.3 Å². The summed E-state index contributed by atoms with van der Waals surface area (Å²) in [5, 5.41) is 0. The summed E-state index contributed by atoms with van der Waals surface area (Å²) in [4.78, 5) is 11.5. The van der Waals surface area contributed by atoms with Crippen molar-refractivity contribution in [3.8, 4) is 11.5 Å². The van der Waals surface area contributed by atoms with Crippen molar-refractivity contribution < 1.29 is 9.53 Å². The average molecular weight is 284 g/mol. The molecule has 0 unspecified atom stereocenters. The van der Waals surface area contributed by atoms with Gasteiger partial charge in [0.25, 0.3) is 5.91 Å². The van der Waals surface area contributed by atoms with E-state index in [2.05, 4.69) is 13.8 Å². The first-order valence-corrected chi connectivity index (χ1v) is 6.87. The molecule has 1 amide bonds. The molecule has 4 nitrogen and oxygen atoms in total. The molecule has 0 atom stereocenters. The zero-order chi connectivity index (χ0) is 15.6. The molecule has 110 valence electrons. The first-order valence-electron chi connectivity index (χ1n) is 6.87. The minimum Gasteiger partial charge on any atom is -0.454 e. The van der Waals surface area contributed by atoms with Crippen LogP contribution in [0, 0.1) is 6.92 Å². The molecule has 0 fully saturated rings. The Hall–Kier alpha value is -2.49. The van der Waals surface area contributed by atoms with Crippen molar-refractivity contribution in [2.75, 3.05) is 5.73 Å². The third-order valence-corrected chi connectivity index (χ3v) is 3.39. The second-order valence-electron chi connectivity index (χ2n) is 5.36. The number of nitrogens with two attached hydrogens (primary N) is 2. The zero-order valence-electron chi connectivity index (χ0n) is 12.5. The van der Waals surface area contributed by atoms with E-state index in [0.29, 0.717) is 23.1 Å². The van der Waals surface area contributed by atoms with Crippen LogP contribution >= 0.6 is 0 Å². The average Bonchev–Trinajstić information content (AvgIpc) is 2.40. The number of aryl methyl sites for hydroxylation is 1. The Morgan fingerprint density at radius 1 is 1.19 bits per heavy atom. The summed E-state index contributed by atoms with van der Waals surface area (Å²) in [6.07, 6.45) is 0. The molecule has 0 bridgehead atoms. The number of hydrogen-bond donors (Lipinski definition) is 2. The molecule has 0 saturated heterocycles. The van der Waals surface area contributed by atoms with Gasteiger partial charge in [-0.3, -0.25) is 4.79 Å². The number of anilines is 1. The van der Waals surface area contributed by atoms with E-state index in [1.54, 1.807) is 18.2 Å². The Bertz CT molecular complexity index is 678. The van der Waals surface area contributed by atoms with Crippen molar-refractivity contribution >= 4 is 11.6 Å². The Morgan fingerprint density at radius 3 is 2.48 bits per heavy atom. The number of carbonyl (C=O) groups excluding carboxylic acids is 1. The van der Waals surface area contributed by atoms with Crippen LogP contribution in [0.15, 0.2) is 36.4 Å². The lowest BCUT2D eigenvalue weighted by atomic mass is 9.98. The smallest absolute Gasteiger partial charge is 0.252 e. The van der Waals surface area contributed by atoms with E-state index in [4.69, 9.17) is 16.2 Å². The highest BCUT2D eigenvalue weighted by Gasteiger charge is 2.14. The largest absolute Gasteiger partial charge is 0.454 e. The van der Waals surface area contributed by atoms with E-state index in [0.717, 1.165) is 5.56 Å². The molecule has 2 rings (SSSR count). The van der Waals surface area contributed by atoms with Crippen molar-refractivity contribution in [1.82, 2.24) is 0 Å². The van der Waals surface area contributed by atoms with Gasteiger partial charge < -0.3 is 16.2 Å². The molecule has 2 aromatic rings. The molecule has 0 radical (unpaired) electrons. The van der Waals surface area contributed by atoms with Crippen molar-refractivity contribution in [3.05, 3.63) is 53.1 Å². The lowest BCUT2D eigenvalue weighted by Crippen LogP contribution is -2.13. The Morgan fingerprint density at radius 2 is 1.90 bits per heavy atom. The maximum atomic E-state index is 11.5. The Kier molecular flexibility index (Phi) is 4.17. The van der Waals surface area contributed by atoms with E-state index in [9.17, 15) is 4.79 Å². The van der Waals surface area contributed by atoms with Crippen molar-refractivity contribution in [2.45, 2.75) is 26.7 Å². The summed E-state index contributed by atoms with van der Waals surface area (Å²) in [6, 6.07) is 10.8. The van der Waals surface area contributed by atoms with Crippen LogP contribution in [0.25, 0.3) is 0 Å². The summed E-state index contributed by atoms with van der Waals surface area (Å²) in [5.74, 6) is 0.828. The standard InChI is InChI=1S/C17H20N2O2/c1-10(2)13-8-7-12(9-11(13)3)21-16-14(17(19)20)5-4-6-15(16)18/h4-10H,18H2,1-3H3,(H2,19,20). The number of primary amides is 1. The number of amides is 1. The fraction of sp³-hybridized carbons (Fsp3) is 0.235. The zero-order valence-corrected chi connectivity index (χ0v) is 12.5. The van der Waals surface area contributed by atoms with E-state index in [-0.39, 0.29) is 5.56 Å². The molecule has 0 aliphatic carbocycles. The normalized spacial score (nSPS) is 10.7. The molecule has 4 N–H and O–H groups in total. The van der Waals surface area contributed by atoms with Gasteiger partial charge in [-0.25, -0.2) is 0 Å². The van der Waals surface area contributed by atoms with Crippen LogP contribution in [0.2, 0.25) is 0 Å². The SMILES string of the molecule is Cc1cc(Oc2c(N)cccc2C(N)=O)ccc1C(C)C. The molecular weight excluding hydrogens is 264 g/mol. The third-order valence-electron chi connectivity index (χ3n) is 3.39. The second kappa shape index (κ2) is 5.87. The lowest BCUT2D eigenvalue weighted by molar-refractivity contribution is 0.0998. The molecule has 4 heteroatoms. The fourth-order valence-electron chi connectivity index (χ4n) is 2.34. The topological polar surface area (TPSA) is 78.3 Å². The fourth-order valence-corrected chi connectivity index (χ4v) is 2.34. The number of benzene rings is 2. The van der Waals surface area contributed by atoms with Crippen molar-refractivity contribution in [3.63, 3.8) is 0 Å². The van der Waals surface area contributed by atoms with Crippen LogP contribution in [0.5, 0.6) is 11.5 Å². The van der Waals surface area contributed by atoms with Gasteiger partial charge in [0.15, 0.2) is 5.75 Å². The molecule has 0 aromatic heterocycles. The van der Waals surface area contributed by atoms with Crippen LogP contribution in [0.4, 0.5) is 5.69 Å².